The minimum absolute atomic E-state index is 0. The molecule has 24 heavy (non-hydrogen) atoms. The molecule has 0 bridgehead atoms. The van der Waals surface area contributed by atoms with Gasteiger partial charge in [0.2, 0.25) is 0 Å². The molecule has 0 unspecified atom stereocenters. The second-order valence-electron chi connectivity index (χ2n) is 5.85. The molecule has 120 valence electrons. The van der Waals surface area contributed by atoms with Crippen molar-refractivity contribution in [3.8, 4) is 0 Å². The molecule has 0 spiro atoms. The quantitative estimate of drug-likeness (QED) is 0.410. The molecule has 3 rings (SSSR count). The Hall–Kier alpha value is -1.58. The number of benzene rings is 3. The molecule has 3 aromatic rings. The molecule has 0 nitrogen and oxygen atoms in total. The van der Waals surface area contributed by atoms with Crippen molar-refractivity contribution in [2.24, 2.45) is 0 Å². The van der Waals surface area contributed by atoms with E-state index in [1.165, 1.54) is 27.5 Å². The third-order valence-electron chi connectivity index (χ3n) is 3.94. The Balaban J connectivity index is 0.00000208. The van der Waals surface area contributed by atoms with Gasteiger partial charge in [-0.25, -0.2) is 0 Å². The first-order valence-electron chi connectivity index (χ1n) is 7.98. The Morgan fingerprint density at radius 1 is 0.542 bits per heavy atom. The average Bonchev–Trinajstić information content (AvgIpc) is 2.61. The maximum atomic E-state index is 2.37. The van der Waals surface area contributed by atoms with E-state index in [0.717, 1.165) is 0 Å². The van der Waals surface area contributed by atoms with Crippen molar-refractivity contribution in [2.75, 3.05) is 0 Å². The van der Waals surface area contributed by atoms with E-state index in [4.69, 9.17) is 0 Å². The molecule has 0 aromatic heterocycles. The molecule has 0 fully saturated rings. The van der Waals surface area contributed by atoms with Crippen molar-refractivity contribution in [3.05, 3.63) is 108 Å². The van der Waals surface area contributed by atoms with Crippen molar-refractivity contribution in [2.45, 2.75) is 13.1 Å². The van der Waals surface area contributed by atoms with Crippen molar-refractivity contribution < 1.29 is 0 Å². The Kier molecular flexibility index (Phi) is 7.07. The van der Waals surface area contributed by atoms with Gasteiger partial charge < -0.3 is 0 Å². The molecule has 2 heteroatoms. The Labute approximate surface area is 163 Å². The van der Waals surface area contributed by atoms with Crippen molar-refractivity contribution in [1.29, 1.82) is 0 Å². The third kappa shape index (κ3) is 4.28. The number of rotatable bonds is 4. The van der Waals surface area contributed by atoms with Gasteiger partial charge in [-0.1, -0.05) is 104 Å². The molecule has 0 aliphatic rings. The summed E-state index contributed by atoms with van der Waals surface area (Å²) in [5, 5.41) is 1.49. The number of hydrogen-bond donors (Lipinski definition) is 0. The summed E-state index contributed by atoms with van der Waals surface area (Å²) in [5.74, 6) is 0. The summed E-state index contributed by atoms with van der Waals surface area (Å²) < 4.78 is 0. The van der Waals surface area contributed by atoms with Crippen LogP contribution in [0.15, 0.2) is 91.0 Å². The molecule has 0 heterocycles. The molecule has 2 radical (unpaired) electrons. The molecule has 0 aliphatic carbocycles. The van der Waals surface area contributed by atoms with E-state index >= 15 is 0 Å². The normalized spacial score (nSPS) is 10.1. The van der Waals surface area contributed by atoms with Crippen LogP contribution >= 0.6 is 0 Å². The summed E-state index contributed by atoms with van der Waals surface area (Å²) in [7, 11) is -0.639. The predicted molar refractivity (Wildman–Crippen MR) is 113 cm³/mol. The Morgan fingerprint density at radius 2 is 0.875 bits per heavy atom. The maximum absolute atomic E-state index is 2.37. The van der Waals surface area contributed by atoms with E-state index < -0.39 is 8.80 Å². The zero-order valence-corrected chi connectivity index (χ0v) is 21.4. The molecule has 0 atom stereocenters. The molecule has 3 aromatic carbocycles. The summed E-state index contributed by atoms with van der Waals surface area (Å²) in [4.78, 5) is 0. The zero-order valence-electron chi connectivity index (χ0n) is 14.7. The van der Waals surface area contributed by atoms with Gasteiger partial charge in [-0.3, -0.25) is 0 Å². The van der Waals surface area contributed by atoms with Gasteiger partial charge in [0.05, 0.1) is 8.80 Å². The summed E-state index contributed by atoms with van der Waals surface area (Å²) >= 11 is 0. The van der Waals surface area contributed by atoms with Gasteiger partial charge in [0.25, 0.3) is 0 Å². The molecule has 0 N–H and O–H groups in total. The van der Waals surface area contributed by atoms with Gasteiger partial charge in [-0.2, -0.15) is 0 Å². The van der Waals surface area contributed by atoms with E-state index in [-0.39, 0.29) is 23.9 Å². The van der Waals surface area contributed by atoms with Gasteiger partial charge in [-0.15, -0.1) is 0 Å². The van der Waals surface area contributed by atoms with E-state index in [1.54, 1.807) is 0 Å². The summed E-state index contributed by atoms with van der Waals surface area (Å²) in [5.41, 5.74) is 5.30. The summed E-state index contributed by atoms with van der Waals surface area (Å²) in [6.45, 7) is 4.75. The SMILES string of the molecule is C[Si](C)C(=C(c1ccccc1)c1ccccc1)c1ccccc1.[SnH3]. The van der Waals surface area contributed by atoms with Gasteiger partial charge in [0.1, 0.15) is 0 Å². The van der Waals surface area contributed by atoms with E-state index in [1.807, 2.05) is 0 Å². The minimum atomic E-state index is -0.639. The monoisotopic (exact) mass is 436 g/mol. The summed E-state index contributed by atoms with van der Waals surface area (Å²) in [6.07, 6.45) is 0. The van der Waals surface area contributed by atoms with Crippen LogP contribution < -0.4 is 0 Å². The van der Waals surface area contributed by atoms with Crippen LogP contribution in [0, 0.1) is 0 Å². The molecule has 0 amide bonds. The van der Waals surface area contributed by atoms with Gasteiger partial charge in [0.15, 0.2) is 0 Å². The zero-order chi connectivity index (χ0) is 16.1. The van der Waals surface area contributed by atoms with Crippen LogP contribution in [0.1, 0.15) is 16.7 Å². The van der Waals surface area contributed by atoms with Crippen LogP contribution in [0.25, 0.3) is 10.8 Å². The van der Waals surface area contributed by atoms with Crippen LogP contribution in [-0.2, 0) is 0 Å². The van der Waals surface area contributed by atoms with Gasteiger partial charge >= 0.3 is 23.9 Å². The van der Waals surface area contributed by atoms with Crippen molar-refractivity contribution in [1.82, 2.24) is 0 Å². The van der Waals surface area contributed by atoms with Crippen molar-refractivity contribution >= 4 is 43.5 Å². The Bertz CT molecular complexity index is 736. The molecular formula is C22H24SiSn. The van der Waals surface area contributed by atoms with E-state index in [2.05, 4.69) is 104 Å². The number of hydrogen-bond acceptors (Lipinski definition) is 0. The topological polar surface area (TPSA) is 0 Å². The fourth-order valence-corrected chi connectivity index (χ4v) is 4.49. The van der Waals surface area contributed by atoms with Crippen LogP contribution in [0.2, 0.25) is 13.1 Å². The first-order valence-corrected chi connectivity index (χ1v) is 10.5. The molecule has 0 saturated heterocycles. The Morgan fingerprint density at radius 3 is 1.21 bits per heavy atom. The van der Waals surface area contributed by atoms with Crippen LogP contribution in [-0.4, -0.2) is 32.7 Å². The first-order chi connectivity index (χ1) is 11.3. The second-order valence-corrected chi connectivity index (χ2v) is 8.35. The van der Waals surface area contributed by atoms with Gasteiger partial charge in [-0.05, 0) is 27.5 Å². The standard InChI is InChI=1S/C22H21Si.Sn.3H/c1-23(2)22(20-16-10-5-11-17-20)21(18-12-6-3-7-13-18)19-14-8-4-9-15-19;;;;/h3-17H,1-2H3;;;;. The van der Waals surface area contributed by atoms with E-state index in [0.29, 0.717) is 0 Å². The van der Waals surface area contributed by atoms with E-state index in [9.17, 15) is 0 Å². The predicted octanol–water partition coefficient (Wildman–Crippen LogP) is 4.76. The van der Waals surface area contributed by atoms with Crippen molar-refractivity contribution in [3.63, 3.8) is 0 Å². The fraction of sp³-hybridized carbons (Fsp3) is 0.0909. The molecule has 0 aliphatic heterocycles. The third-order valence-corrected chi connectivity index (χ3v) is 5.48. The van der Waals surface area contributed by atoms with Crippen LogP contribution in [0.3, 0.4) is 0 Å². The van der Waals surface area contributed by atoms with Crippen LogP contribution in [0.4, 0.5) is 0 Å². The molecule has 0 saturated carbocycles. The first kappa shape index (κ1) is 18.7. The molecular weight excluding hydrogens is 411 g/mol. The second kappa shape index (κ2) is 9.04. The fourth-order valence-electron chi connectivity index (χ4n) is 2.95. The van der Waals surface area contributed by atoms with Gasteiger partial charge in [0, 0.05) is 0 Å². The summed E-state index contributed by atoms with van der Waals surface area (Å²) in [6, 6.07) is 32.4. The average molecular weight is 435 g/mol. The van der Waals surface area contributed by atoms with Crippen LogP contribution in [0.5, 0.6) is 0 Å².